The largest absolute Gasteiger partial charge is 0.497 e. The topological polar surface area (TPSA) is 105 Å². The summed E-state index contributed by atoms with van der Waals surface area (Å²) in [6, 6.07) is 20.1. The van der Waals surface area contributed by atoms with Crippen molar-refractivity contribution in [3.05, 3.63) is 88.9 Å². The molecule has 0 saturated heterocycles. The van der Waals surface area contributed by atoms with E-state index in [1.807, 2.05) is 37.3 Å². The predicted molar refractivity (Wildman–Crippen MR) is 166 cm³/mol. The number of sulfonamides is 1. The van der Waals surface area contributed by atoms with Crippen LogP contribution in [-0.4, -0.2) is 64.7 Å². The minimum atomic E-state index is -3.95. The number of hydrogen-bond donors (Lipinski definition) is 1. The molecule has 0 aliphatic rings. The van der Waals surface area contributed by atoms with Gasteiger partial charge in [0.2, 0.25) is 21.8 Å². The smallest absolute Gasteiger partial charge is 0.244 e. The first-order valence-corrected chi connectivity index (χ1v) is 15.8. The van der Waals surface area contributed by atoms with Gasteiger partial charge in [0.25, 0.3) is 0 Å². The molecule has 0 bridgehead atoms. The second kappa shape index (κ2) is 15.5. The van der Waals surface area contributed by atoms with Crippen molar-refractivity contribution < 1.29 is 27.5 Å². The molecule has 0 saturated carbocycles. The number of benzene rings is 3. The number of unbranched alkanes of at least 4 members (excludes halogenated alkanes) is 1. The van der Waals surface area contributed by atoms with Gasteiger partial charge >= 0.3 is 0 Å². The maximum Gasteiger partial charge on any atom is 0.244 e. The lowest BCUT2D eigenvalue weighted by molar-refractivity contribution is -0.140. The van der Waals surface area contributed by atoms with Gasteiger partial charge in [-0.3, -0.25) is 13.9 Å². The molecule has 0 radical (unpaired) electrons. The summed E-state index contributed by atoms with van der Waals surface area (Å²) < 4.78 is 37.8. The fraction of sp³-hybridized carbons (Fsp3) is 0.355. The molecule has 0 aromatic heterocycles. The van der Waals surface area contributed by atoms with Gasteiger partial charge in [-0.15, -0.1) is 0 Å². The van der Waals surface area contributed by atoms with Crippen molar-refractivity contribution in [3.8, 4) is 11.5 Å². The molecule has 1 atom stereocenters. The van der Waals surface area contributed by atoms with Gasteiger partial charge in [-0.05, 0) is 41.8 Å². The lowest BCUT2D eigenvalue weighted by Crippen LogP contribution is -2.53. The van der Waals surface area contributed by atoms with Gasteiger partial charge in [-0.2, -0.15) is 0 Å². The van der Waals surface area contributed by atoms with E-state index in [0.29, 0.717) is 17.3 Å². The molecule has 2 amide bonds. The van der Waals surface area contributed by atoms with E-state index in [1.54, 1.807) is 36.4 Å². The third-order valence-electron chi connectivity index (χ3n) is 6.70. The van der Waals surface area contributed by atoms with Crippen molar-refractivity contribution in [2.24, 2.45) is 0 Å². The number of methoxy groups -OCH3 is 2. The SMILES string of the molecule is CCCCNC(=O)C(Cc1ccccc1)N(Cc1ccc(Cl)cc1)C(=O)CN(c1ccc(OC)cc1OC)S(C)(=O)=O. The first-order valence-electron chi connectivity index (χ1n) is 13.6. The molecule has 0 aliphatic carbocycles. The van der Waals surface area contributed by atoms with Crippen LogP contribution < -0.4 is 19.1 Å². The highest BCUT2D eigenvalue weighted by Crippen LogP contribution is 2.34. The molecule has 1 N–H and O–H groups in total. The maximum absolute atomic E-state index is 14.2. The lowest BCUT2D eigenvalue weighted by atomic mass is 10.0. The lowest BCUT2D eigenvalue weighted by Gasteiger charge is -2.33. The second-order valence-corrected chi connectivity index (χ2v) is 12.1. The van der Waals surface area contributed by atoms with E-state index < -0.39 is 28.5 Å². The van der Waals surface area contributed by atoms with Crippen LogP contribution in [-0.2, 0) is 32.6 Å². The van der Waals surface area contributed by atoms with Gasteiger partial charge in [0.15, 0.2) is 0 Å². The quantitative estimate of drug-likeness (QED) is 0.249. The maximum atomic E-state index is 14.2. The molecule has 3 aromatic carbocycles. The Labute approximate surface area is 253 Å². The van der Waals surface area contributed by atoms with Gasteiger partial charge in [0.1, 0.15) is 24.1 Å². The number of nitrogens with one attached hydrogen (secondary N) is 1. The highest BCUT2D eigenvalue weighted by atomic mass is 35.5. The second-order valence-electron chi connectivity index (χ2n) is 9.81. The minimum Gasteiger partial charge on any atom is -0.497 e. The summed E-state index contributed by atoms with van der Waals surface area (Å²) in [7, 11) is -1.06. The van der Waals surface area contributed by atoms with Gasteiger partial charge in [0, 0.05) is 30.6 Å². The van der Waals surface area contributed by atoms with Gasteiger partial charge in [-0.25, -0.2) is 8.42 Å². The molecule has 3 aromatic rings. The van der Waals surface area contributed by atoms with Crippen LogP contribution in [0.2, 0.25) is 5.02 Å². The van der Waals surface area contributed by atoms with Crippen LogP contribution >= 0.6 is 11.6 Å². The highest BCUT2D eigenvalue weighted by Gasteiger charge is 2.33. The molecule has 9 nitrogen and oxygen atoms in total. The number of rotatable bonds is 15. The monoisotopic (exact) mass is 615 g/mol. The Morgan fingerprint density at radius 1 is 0.952 bits per heavy atom. The normalized spacial score (nSPS) is 11.8. The first-order chi connectivity index (χ1) is 20.1. The first kappa shape index (κ1) is 32.8. The van der Waals surface area contributed by atoms with E-state index in [2.05, 4.69) is 5.32 Å². The number of nitrogens with zero attached hydrogens (tertiary/aromatic N) is 2. The van der Waals surface area contributed by atoms with Crippen LogP contribution in [0.5, 0.6) is 11.5 Å². The average Bonchev–Trinajstić information content (AvgIpc) is 2.98. The Balaban J connectivity index is 2.06. The summed E-state index contributed by atoms with van der Waals surface area (Å²) in [5.41, 5.74) is 1.77. The summed E-state index contributed by atoms with van der Waals surface area (Å²) in [5, 5.41) is 3.49. The van der Waals surface area contributed by atoms with Crippen LogP contribution in [0.15, 0.2) is 72.8 Å². The third kappa shape index (κ3) is 9.12. The molecule has 0 spiro atoms. The van der Waals surface area contributed by atoms with Gasteiger partial charge in [0.05, 0.1) is 26.2 Å². The number of ether oxygens (including phenoxy) is 2. The zero-order chi connectivity index (χ0) is 30.7. The van der Waals surface area contributed by atoms with Crippen LogP contribution in [0.3, 0.4) is 0 Å². The molecular weight excluding hydrogens is 578 g/mol. The molecule has 0 aliphatic heterocycles. The van der Waals surface area contributed by atoms with E-state index in [4.69, 9.17) is 21.1 Å². The molecule has 226 valence electrons. The summed E-state index contributed by atoms with van der Waals surface area (Å²) in [4.78, 5) is 29.3. The van der Waals surface area contributed by atoms with E-state index in [-0.39, 0.29) is 30.3 Å². The average molecular weight is 616 g/mol. The van der Waals surface area contributed by atoms with Crippen molar-refractivity contribution >= 4 is 39.1 Å². The molecular formula is C31H38ClN3O6S. The summed E-state index contributed by atoms with van der Waals surface area (Å²) >= 11 is 6.10. The fourth-order valence-corrected chi connectivity index (χ4v) is 5.41. The van der Waals surface area contributed by atoms with E-state index in [0.717, 1.165) is 34.5 Å². The van der Waals surface area contributed by atoms with Crippen molar-refractivity contribution in [2.45, 2.75) is 38.8 Å². The molecule has 0 fully saturated rings. The van der Waals surface area contributed by atoms with Crippen molar-refractivity contribution in [1.82, 2.24) is 10.2 Å². The van der Waals surface area contributed by atoms with E-state index >= 15 is 0 Å². The van der Waals surface area contributed by atoms with Gasteiger partial charge in [-0.1, -0.05) is 67.4 Å². The minimum absolute atomic E-state index is 0.0616. The molecule has 11 heteroatoms. The Morgan fingerprint density at radius 2 is 1.64 bits per heavy atom. The Morgan fingerprint density at radius 3 is 2.24 bits per heavy atom. The number of anilines is 1. The zero-order valence-electron chi connectivity index (χ0n) is 24.4. The van der Waals surface area contributed by atoms with Crippen molar-refractivity contribution in [1.29, 1.82) is 0 Å². The molecule has 0 heterocycles. The molecule has 42 heavy (non-hydrogen) atoms. The van der Waals surface area contributed by atoms with Crippen LogP contribution in [0.25, 0.3) is 0 Å². The number of carbonyl (C=O) groups is 2. The molecule has 3 rings (SSSR count). The predicted octanol–water partition coefficient (Wildman–Crippen LogP) is 4.68. The molecule has 1 unspecified atom stereocenters. The van der Waals surface area contributed by atoms with Crippen LogP contribution in [0, 0.1) is 0 Å². The summed E-state index contributed by atoms with van der Waals surface area (Å²) in [5.74, 6) is -0.191. The Hall–Kier alpha value is -3.76. The number of carbonyl (C=O) groups excluding carboxylic acids is 2. The Kier molecular flexibility index (Phi) is 12.1. The fourth-order valence-electron chi connectivity index (χ4n) is 4.43. The summed E-state index contributed by atoms with van der Waals surface area (Å²) in [6.45, 7) is 1.99. The van der Waals surface area contributed by atoms with Crippen molar-refractivity contribution in [3.63, 3.8) is 0 Å². The van der Waals surface area contributed by atoms with Crippen LogP contribution in [0.4, 0.5) is 5.69 Å². The summed E-state index contributed by atoms with van der Waals surface area (Å²) in [6.07, 6.45) is 2.94. The number of amides is 2. The standard InChI is InChI=1S/C31H38ClN3O6S/c1-5-6-18-33-31(37)28(19-23-10-8-7-9-11-23)34(21-24-12-14-25(32)15-13-24)30(36)22-35(42(4,38)39)27-17-16-26(40-2)20-29(27)41-3/h7-17,20,28H,5-6,18-19,21-22H2,1-4H3,(H,33,37). The highest BCUT2D eigenvalue weighted by molar-refractivity contribution is 7.92. The van der Waals surface area contributed by atoms with E-state index in [9.17, 15) is 18.0 Å². The zero-order valence-corrected chi connectivity index (χ0v) is 26.0. The number of hydrogen-bond acceptors (Lipinski definition) is 6. The third-order valence-corrected chi connectivity index (χ3v) is 8.08. The van der Waals surface area contributed by atoms with E-state index in [1.165, 1.54) is 25.2 Å². The van der Waals surface area contributed by atoms with Gasteiger partial charge < -0.3 is 19.7 Å². The Bertz CT molecular complexity index is 1430. The number of halogens is 1. The van der Waals surface area contributed by atoms with Crippen LogP contribution in [0.1, 0.15) is 30.9 Å². The van der Waals surface area contributed by atoms with Crippen molar-refractivity contribution in [2.75, 3.05) is 37.9 Å².